The number of rotatable bonds is 8. The maximum absolute atomic E-state index is 12.6. The van der Waals surface area contributed by atoms with Gasteiger partial charge in [-0.1, -0.05) is 43.3 Å². The second-order valence-corrected chi connectivity index (χ2v) is 7.99. The highest BCUT2D eigenvalue weighted by Gasteiger charge is 2.19. The lowest BCUT2D eigenvalue weighted by Crippen LogP contribution is -2.26. The predicted molar refractivity (Wildman–Crippen MR) is 114 cm³/mol. The van der Waals surface area contributed by atoms with Crippen molar-refractivity contribution in [3.63, 3.8) is 0 Å². The van der Waals surface area contributed by atoms with Crippen LogP contribution in [-0.2, 0) is 6.42 Å². The lowest BCUT2D eigenvalue weighted by atomic mass is 10.2. The zero-order valence-corrected chi connectivity index (χ0v) is 17.6. The summed E-state index contributed by atoms with van der Waals surface area (Å²) in [5, 5.41) is 13.2. The molecular formula is C21H22N6O2S. The molecule has 0 saturated heterocycles. The van der Waals surface area contributed by atoms with Crippen LogP contribution in [0.5, 0.6) is 0 Å². The fourth-order valence-corrected chi connectivity index (χ4v) is 3.55. The van der Waals surface area contributed by atoms with Crippen LogP contribution in [0.4, 0.5) is 0 Å². The first-order valence-corrected chi connectivity index (χ1v) is 10.7. The summed E-state index contributed by atoms with van der Waals surface area (Å²) in [7, 11) is 0. The molecule has 1 amide bonds. The number of nitrogens with one attached hydrogen (secondary N) is 1. The average molecular weight is 423 g/mol. The molecule has 0 radical (unpaired) electrons. The number of nitrogens with zero attached hydrogens (tertiary/aromatic N) is 5. The number of amides is 1. The third kappa shape index (κ3) is 4.46. The Hall–Kier alpha value is -3.33. The molecule has 0 aliphatic rings. The number of para-hydroxylation sites is 1. The molecule has 1 aromatic carbocycles. The van der Waals surface area contributed by atoms with Gasteiger partial charge in [0.05, 0.1) is 10.6 Å². The zero-order valence-electron chi connectivity index (χ0n) is 16.8. The van der Waals surface area contributed by atoms with E-state index in [0.29, 0.717) is 36.9 Å². The maximum Gasteiger partial charge on any atom is 0.290 e. The van der Waals surface area contributed by atoms with Crippen LogP contribution in [0.3, 0.4) is 0 Å². The average Bonchev–Trinajstić information content (AvgIpc) is 3.52. The second-order valence-electron chi connectivity index (χ2n) is 7.04. The van der Waals surface area contributed by atoms with Gasteiger partial charge in [0.25, 0.3) is 5.91 Å². The Morgan fingerprint density at radius 2 is 2.00 bits per heavy atom. The molecule has 1 N–H and O–H groups in total. The summed E-state index contributed by atoms with van der Waals surface area (Å²) in [6, 6.07) is 13.6. The Morgan fingerprint density at radius 1 is 1.17 bits per heavy atom. The molecule has 154 valence electrons. The summed E-state index contributed by atoms with van der Waals surface area (Å²) in [5.41, 5.74) is 0.852. The highest BCUT2D eigenvalue weighted by molar-refractivity contribution is 7.13. The quantitative estimate of drug-likeness (QED) is 0.433. The predicted octanol–water partition coefficient (Wildman–Crippen LogP) is 3.86. The highest BCUT2D eigenvalue weighted by Crippen LogP contribution is 2.25. The van der Waals surface area contributed by atoms with Crippen molar-refractivity contribution in [1.29, 1.82) is 0 Å². The number of aromatic nitrogens is 5. The summed E-state index contributed by atoms with van der Waals surface area (Å²) in [6.45, 7) is 4.49. The second kappa shape index (κ2) is 9.00. The smallest absolute Gasteiger partial charge is 0.290 e. The van der Waals surface area contributed by atoms with E-state index < -0.39 is 0 Å². The lowest BCUT2D eigenvalue weighted by molar-refractivity contribution is 0.0942. The fourth-order valence-electron chi connectivity index (χ4n) is 2.85. The van der Waals surface area contributed by atoms with Crippen molar-refractivity contribution in [2.24, 2.45) is 0 Å². The van der Waals surface area contributed by atoms with E-state index in [2.05, 4.69) is 25.5 Å². The molecule has 4 aromatic rings. The first-order valence-electron chi connectivity index (χ1n) is 9.79. The topological polar surface area (TPSA) is 98.7 Å². The van der Waals surface area contributed by atoms with E-state index in [1.165, 1.54) is 0 Å². The molecular weight excluding hydrogens is 400 g/mol. The van der Waals surface area contributed by atoms with Gasteiger partial charge in [-0.25, -0.2) is 9.67 Å². The minimum Gasteiger partial charge on any atom is -0.349 e. The van der Waals surface area contributed by atoms with E-state index in [4.69, 9.17) is 4.52 Å². The van der Waals surface area contributed by atoms with Crippen LogP contribution in [0.25, 0.3) is 16.4 Å². The number of carbonyl (C=O) groups is 1. The van der Waals surface area contributed by atoms with Gasteiger partial charge in [-0.05, 0) is 30.0 Å². The third-order valence-electron chi connectivity index (χ3n) is 4.41. The van der Waals surface area contributed by atoms with Gasteiger partial charge in [0.2, 0.25) is 11.7 Å². The Balaban J connectivity index is 1.42. The Bertz CT molecular complexity index is 1100. The SMILES string of the molecule is CC(C)c1noc(CCCNC(=O)c2nc(-c3cccs3)n(-c3ccccc3)n2)n1. The molecule has 30 heavy (non-hydrogen) atoms. The minimum atomic E-state index is -0.309. The number of carbonyl (C=O) groups excluding carboxylic acids is 1. The molecule has 0 atom stereocenters. The number of thiophene rings is 1. The molecule has 4 rings (SSSR count). The summed E-state index contributed by atoms with van der Waals surface area (Å²) < 4.78 is 6.93. The van der Waals surface area contributed by atoms with Crippen molar-refractivity contribution in [3.05, 3.63) is 65.4 Å². The van der Waals surface area contributed by atoms with E-state index in [0.717, 1.165) is 10.6 Å². The Morgan fingerprint density at radius 3 is 2.70 bits per heavy atom. The Labute approximate surface area is 178 Å². The number of hydrogen-bond acceptors (Lipinski definition) is 7. The molecule has 0 spiro atoms. The summed E-state index contributed by atoms with van der Waals surface area (Å²) in [4.78, 5) is 22.4. The molecule has 0 unspecified atom stereocenters. The molecule has 0 bridgehead atoms. The van der Waals surface area contributed by atoms with Crippen LogP contribution in [0.2, 0.25) is 0 Å². The van der Waals surface area contributed by atoms with Gasteiger partial charge in [0.1, 0.15) is 0 Å². The third-order valence-corrected chi connectivity index (χ3v) is 5.27. The molecule has 9 heteroatoms. The van der Waals surface area contributed by atoms with Crippen molar-refractivity contribution in [3.8, 4) is 16.4 Å². The normalized spacial score (nSPS) is 11.2. The van der Waals surface area contributed by atoms with Gasteiger partial charge < -0.3 is 9.84 Å². The standard InChI is InChI=1S/C21H22N6O2S/c1-14(2)18-23-17(29-26-18)11-6-12-22-21(28)19-24-20(16-10-7-13-30-16)27(25-19)15-8-4-3-5-9-15/h3-5,7-10,13-14H,6,11-12H2,1-2H3,(H,22,28). The lowest BCUT2D eigenvalue weighted by Gasteiger charge is -2.03. The molecule has 3 heterocycles. The zero-order chi connectivity index (χ0) is 20.9. The highest BCUT2D eigenvalue weighted by atomic mass is 32.1. The fraction of sp³-hybridized carbons (Fsp3) is 0.286. The first-order chi connectivity index (χ1) is 14.6. The summed E-state index contributed by atoms with van der Waals surface area (Å²) in [6.07, 6.45) is 1.29. The van der Waals surface area contributed by atoms with Gasteiger partial charge in [-0.15, -0.1) is 16.4 Å². The number of benzene rings is 1. The van der Waals surface area contributed by atoms with Crippen molar-refractivity contribution in [1.82, 2.24) is 30.2 Å². The summed E-state index contributed by atoms with van der Waals surface area (Å²) >= 11 is 1.55. The van der Waals surface area contributed by atoms with Crippen LogP contribution in [0.1, 0.15) is 48.5 Å². The van der Waals surface area contributed by atoms with Crippen LogP contribution in [0, 0.1) is 0 Å². The van der Waals surface area contributed by atoms with Gasteiger partial charge in [-0.3, -0.25) is 4.79 Å². The largest absolute Gasteiger partial charge is 0.349 e. The van der Waals surface area contributed by atoms with E-state index in [-0.39, 0.29) is 17.6 Å². The van der Waals surface area contributed by atoms with Crippen LogP contribution < -0.4 is 5.32 Å². The van der Waals surface area contributed by atoms with Crippen LogP contribution in [0.15, 0.2) is 52.4 Å². The van der Waals surface area contributed by atoms with Gasteiger partial charge in [0.15, 0.2) is 11.6 Å². The van der Waals surface area contributed by atoms with Gasteiger partial charge in [0, 0.05) is 18.9 Å². The van der Waals surface area contributed by atoms with Crippen molar-refractivity contribution in [2.75, 3.05) is 6.54 Å². The molecule has 0 saturated carbocycles. The monoisotopic (exact) mass is 422 g/mol. The van der Waals surface area contributed by atoms with Crippen LogP contribution in [-0.4, -0.2) is 37.4 Å². The molecule has 3 aromatic heterocycles. The van der Waals surface area contributed by atoms with Crippen molar-refractivity contribution < 1.29 is 9.32 Å². The van der Waals surface area contributed by atoms with Crippen LogP contribution >= 0.6 is 11.3 Å². The number of aryl methyl sites for hydroxylation is 1. The Kier molecular flexibility index (Phi) is 5.99. The molecule has 0 aliphatic carbocycles. The van der Waals surface area contributed by atoms with Crippen molar-refractivity contribution in [2.45, 2.75) is 32.6 Å². The molecule has 0 fully saturated rings. The van der Waals surface area contributed by atoms with Gasteiger partial charge >= 0.3 is 0 Å². The maximum atomic E-state index is 12.6. The van der Waals surface area contributed by atoms with E-state index in [9.17, 15) is 4.79 Å². The number of hydrogen-bond donors (Lipinski definition) is 1. The molecule has 8 nitrogen and oxygen atoms in total. The summed E-state index contributed by atoms with van der Waals surface area (Å²) in [5.74, 6) is 1.99. The van der Waals surface area contributed by atoms with Crippen molar-refractivity contribution >= 4 is 17.2 Å². The van der Waals surface area contributed by atoms with E-state index in [1.807, 2.05) is 61.7 Å². The minimum absolute atomic E-state index is 0.141. The molecule has 0 aliphatic heterocycles. The first kappa shape index (κ1) is 20.0. The van der Waals surface area contributed by atoms with E-state index in [1.54, 1.807) is 16.0 Å². The van der Waals surface area contributed by atoms with Gasteiger partial charge in [-0.2, -0.15) is 4.98 Å². The van der Waals surface area contributed by atoms with E-state index >= 15 is 0 Å².